The van der Waals surface area contributed by atoms with Crippen LogP contribution < -0.4 is 10.2 Å². The first-order valence-corrected chi connectivity index (χ1v) is 8.74. The van der Waals surface area contributed by atoms with Crippen molar-refractivity contribution < 1.29 is 4.92 Å². The van der Waals surface area contributed by atoms with Crippen LogP contribution in [0.4, 0.5) is 28.7 Å². The summed E-state index contributed by atoms with van der Waals surface area (Å²) in [7, 11) is 0. The van der Waals surface area contributed by atoms with Crippen molar-refractivity contribution in [3.63, 3.8) is 0 Å². The van der Waals surface area contributed by atoms with Crippen molar-refractivity contribution in [3.8, 4) is 0 Å². The van der Waals surface area contributed by atoms with E-state index in [0.717, 1.165) is 34.5 Å². The highest BCUT2D eigenvalue weighted by Gasteiger charge is 2.31. The molecule has 1 aliphatic rings. The van der Waals surface area contributed by atoms with Crippen molar-refractivity contribution >= 4 is 28.7 Å². The largest absolute Gasteiger partial charge is 0.354 e. The van der Waals surface area contributed by atoms with E-state index in [1.807, 2.05) is 61.2 Å². The third kappa shape index (κ3) is 2.97. The van der Waals surface area contributed by atoms with Crippen molar-refractivity contribution in [3.05, 3.63) is 75.6 Å². The van der Waals surface area contributed by atoms with Crippen molar-refractivity contribution in [2.24, 2.45) is 0 Å². The van der Waals surface area contributed by atoms with Crippen LogP contribution in [0.1, 0.15) is 16.7 Å². The summed E-state index contributed by atoms with van der Waals surface area (Å²) >= 11 is 0. The summed E-state index contributed by atoms with van der Waals surface area (Å²) in [5.41, 5.74) is 4.93. The van der Waals surface area contributed by atoms with Crippen LogP contribution in [0, 0.1) is 24.0 Å². The van der Waals surface area contributed by atoms with Crippen molar-refractivity contribution in [1.82, 2.24) is 9.97 Å². The molecule has 0 amide bonds. The molecular weight excluding hydrogens is 342 g/mol. The molecule has 136 valence electrons. The van der Waals surface area contributed by atoms with Gasteiger partial charge in [-0.1, -0.05) is 30.3 Å². The van der Waals surface area contributed by atoms with Crippen LogP contribution in [-0.4, -0.2) is 21.4 Å². The van der Waals surface area contributed by atoms with Gasteiger partial charge in [0.25, 0.3) is 0 Å². The van der Waals surface area contributed by atoms with Gasteiger partial charge < -0.3 is 10.2 Å². The molecule has 0 saturated heterocycles. The number of nitrogens with one attached hydrogen (secondary N) is 1. The SMILES string of the molecule is Cc1cccc(Nc2ncnc(N3CCc4ccccc43)c2[N+](=O)[O-])c1C. The zero-order valence-corrected chi connectivity index (χ0v) is 15.1. The molecule has 0 spiro atoms. The van der Waals surface area contributed by atoms with E-state index in [1.165, 1.54) is 6.33 Å². The molecule has 27 heavy (non-hydrogen) atoms. The molecule has 7 heteroatoms. The summed E-state index contributed by atoms with van der Waals surface area (Å²) in [4.78, 5) is 21.8. The lowest BCUT2D eigenvalue weighted by atomic mass is 10.1. The molecule has 0 bridgehead atoms. The smallest absolute Gasteiger partial charge is 0.334 e. The number of nitro groups is 1. The molecular formula is C20H19N5O2. The summed E-state index contributed by atoms with van der Waals surface area (Å²) in [5, 5.41) is 15.0. The van der Waals surface area contributed by atoms with E-state index >= 15 is 0 Å². The highest BCUT2D eigenvalue weighted by molar-refractivity contribution is 5.80. The molecule has 0 atom stereocenters. The first-order chi connectivity index (χ1) is 13.1. The number of benzene rings is 2. The predicted octanol–water partition coefficient (Wildman–Crippen LogP) is 4.44. The lowest BCUT2D eigenvalue weighted by Gasteiger charge is -2.19. The zero-order valence-electron chi connectivity index (χ0n) is 15.1. The molecule has 0 radical (unpaired) electrons. The number of fused-ring (bicyclic) bond motifs is 1. The Morgan fingerprint density at radius 2 is 1.93 bits per heavy atom. The topological polar surface area (TPSA) is 84.2 Å². The molecule has 2 heterocycles. The second-order valence-electron chi connectivity index (χ2n) is 6.55. The molecule has 2 aromatic carbocycles. The van der Waals surface area contributed by atoms with Crippen LogP contribution in [0.2, 0.25) is 0 Å². The number of nitrogens with zero attached hydrogens (tertiary/aromatic N) is 4. The second kappa shape index (κ2) is 6.68. The van der Waals surface area contributed by atoms with Crippen molar-refractivity contribution in [2.75, 3.05) is 16.8 Å². The normalized spacial score (nSPS) is 12.7. The first kappa shape index (κ1) is 17.0. The Kier molecular flexibility index (Phi) is 4.19. The predicted molar refractivity (Wildman–Crippen MR) is 105 cm³/mol. The Morgan fingerprint density at radius 1 is 1.11 bits per heavy atom. The van der Waals surface area contributed by atoms with Crippen LogP contribution >= 0.6 is 0 Å². The highest BCUT2D eigenvalue weighted by atomic mass is 16.6. The Bertz CT molecular complexity index is 1030. The van der Waals surface area contributed by atoms with E-state index < -0.39 is 4.92 Å². The molecule has 4 rings (SSSR count). The number of aryl methyl sites for hydroxylation is 1. The molecule has 3 aromatic rings. The van der Waals surface area contributed by atoms with Gasteiger partial charge in [-0.3, -0.25) is 10.1 Å². The third-order valence-corrected chi connectivity index (χ3v) is 4.99. The fourth-order valence-corrected chi connectivity index (χ4v) is 3.40. The van der Waals surface area contributed by atoms with Gasteiger partial charge in [0.05, 0.1) is 4.92 Å². The molecule has 7 nitrogen and oxygen atoms in total. The monoisotopic (exact) mass is 361 g/mol. The fourth-order valence-electron chi connectivity index (χ4n) is 3.40. The average molecular weight is 361 g/mol. The van der Waals surface area contributed by atoms with Crippen LogP contribution in [0.25, 0.3) is 0 Å². The molecule has 0 unspecified atom stereocenters. The van der Waals surface area contributed by atoms with Gasteiger partial charge in [0.1, 0.15) is 6.33 Å². The van der Waals surface area contributed by atoms with Gasteiger partial charge in [-0.05, 0) is 49.1 Å². The third-order valence-electron chi connectivity index (χ3n) is 4.99. The minimum Gasteiger partial charge on any atom is -0.334 e. The maximum atomic E-state index is 11.9. The highest BCUT2D eigenvalue weighted by Crippen LogP contribution is 2.41. The number of aromatic nitrogens is 2. The number of hydrogen-bond acceptors (Lipinski definition) is 6. The Hall–Kier alpha value is -3.48. The molecule has 1 aliphatic heterocycles. The standard InChI is InChI=1S/C20H19N5O2/c1-13-6-5-8-16(14(13)2)23-19-18(25(26)27)20(22-12-21-19)24-11-10-15-7-3-4-9-17(15)24/h3-9,12H,10-11H2,1-2H3,(H,21,22,23). The number of hydrogen-bond donors (Lipinski definition) is 1. The zero-order chi connectivity index (χ0) is 19.0. The van der Waals surface area contributed by atoms with E-state index in [-0.39, 0.29) is 11.5 Å². The van der Waals surface area contributed by atoms with Crippen molar-refractivity contribution in [2.45, 2.75) is 20.3 Å². The maximum absolute atomic E-state index is 11.9. The van der Waals surface area contributed by atoms with Gasteiger partial charge in [-0.25, -0.2) is 9.97 Å². The summed E-state index contributed by atoms with van der Waals surface area (Å²) < 4.78 is 0. The van der Waals surface area contributed by atoms with Crippen molar-refractivity contribution in [1.29, 1.82) is 0 Å². The van der Waals surface area contributed by atoms with Crippen LogP contribution in [0.15, 0.2) is 48.8 Å². The van der Waals surface area contributed by atoms with Gasteiger partial charge in [-0.2, -0.15) is 0 Å². The van der Waals surface area contributed by atoms with E-state index in [0.29, 0.717) is 12.4 Å². The van der Waals surface area contributed by atoms with Gasteiger partial charge in [0, 0.05) is 17.9 Å². The maximum Gasteiger partial charge on any atom is 0.354 e. The molecule has 0 saturated carbocycles. The Balaban J connectivity index is 1.80. The van der Waals surface area contributed by atoms with Crippen LogP contribution in [-0.2, 0) is 6.42 Å². The lowest BCUT2D eigenvalue weighted by molar-refractivity contribution is -0.383. The van der Waals surface area contributed by atoms with Gasteiger partial charge in [0.2, 0.25) is 11.6 Å². The van der Waals surface area contributed by atoms with Gasteiger partial charge in [-0.15, -0.1) is 0 Å². The number of anilines is 4. The Labute approximate surface area is 156 Å². The fraction of sp³-hybridized carbons (Fsp3) is 0.200. The van der Waals surface area contributed by atoms with Crippen LogP contribution in [0.5, 0.6) is 0 Å². The molecule has 0 aliphatic carbocycles. The molecule has 0 fully saturated rings. The summed E-state index contributed by atoms with van der Waals surface area (Å²) in [5.74, 6) is 0.510. The molecule has 1 aromatic heterocycles. The summed E-state index contributed by atoms with van der Waals surface area (Å²) in [6.07, 6.45) is 2.20. The van der Waals surface area contributed by atoms with Crippen LogP contribution in [0.3, 0.4) is 0 Å². The van der Waals surface area contributed by atoms with E-state index in [9.17, 15) is 10.1 Å². The summed E-state index contributed by atoms with van der Waals surface area (Å²) in [6, 6.07) is 13.7. The Morgan fingerprint density at radius 3 is 2.74 bits per heavy atom. The lowest BCUT2D eigenvalue weighted by Crippen LogP contribution is -2.17. The van der Waals surface area contributed by atoms with Gasteiger partial charge in [0.15, 0.2) is 0 Å². The van der Waals surface area contributed by atoms with E-state index in [4.69, 9.17) is 0 Å². The minimum absolute atomic E-state index is 0.116. The number of rotatable bonds is 4. The van der Waals surface area contributed by atoms with Gasteiger partial charge >= 0.3 is 5.69 Å². The average Bonchev–Trinajstić information content (AvgIpc) is 3.09. The van der Waals surface area contributed by atoms with E-state index in [2.05, 4.69) is 15.3 Å². The quantitative estimate of drug-likeness (QED) is 0.546. The number of para-hydroxylation sites is 1. The first-order valence-electron chi connectivity index (χ1n) is 8.74. The van der Waals surface area contributed by atoms with E-state index in [1.54, 1.807) is 0 Å². The minimum atomic E-state index is -0.413. The second-order valence-corrected chi connectivity index (χ2v) is 6.55. The summed E-state index contributed by atoms with van der Waals surface area (Å²) in [6.45, 7) is 4.63. The molecule has 1 N–H and O–H groups in total.